The van der Waals surface area contributed by atoms with Crippen molar-refractivity contribution in [3.8, 4) is 5.75 Å². The van der Waals surface area contributed by atoms with Gasteiger partial charge in [-0.1, -0.05) is 0 Å². The van der Waals surface area contributed by atoms with Crippen molar-refractivity contribution < 1.29 is 18.3 Å². The van der Waals surface area contributed by atoms with Crippen LogP contribution in [0.3, 0.4) is 0 Å². The molecule has 1 aliphatic rings. The number of rotatable bonds is 4. The molecule has 0 unspecified atom stereocenters. The Hall–Kier alpha value is -1.69. The van der Waals surface area contributed by atoms with E-state index in [0.717, 1.165) is 25.0 Å². The lowest BCUT2D eigenvalue weighted by molar-refractivity contribution is -0.139. The Balaban J connectivity index is 1.97. The Morgan fingerprint density at radius 1 is 1.36 bits per heavy atom. The molecule has 0 aliphatic carbocycles. The lowest BCUT2D eigenvalue weighted by atomic mass is 9.92. The zero-order valence-electron chi connectivity index (χ0n) is 12.9. The number of hydrogen-bond acceptors (Lipinski definition) is 3. The maximum atomic E-state index is 13.2. The minimum atomic E-state index is -0.993. The summed E-state index contributed by atoms with van der Waals surface area (Å²) in [5.74, 6) is -1.67. The first-order valence-corrected chi connectivity index (χ1v) is 7.54. The Bertz CT molecular complexity index is 537. The predicted molar refractivity (Wildman–Crippen MR) is 79.4 cm³/mol. The van der Waals surface area contributed by atoms with E-state index in [1.54, 1.807) is 11.8 Å². The zero-order valence-corrected chi connectivity index (χ0v) is 12.9. The second kappa shape index (κ2) is 7.05. The average Bonchev–Trinajstić information content (AvgIpc) is 2.50. The average molecular weight is 312 g/mol. The van der Waals surface area contributed by atoms with E-state index < -0.39 is 17.7 Å². The fraction of sp³-hybridized carbons (Fsp3) is 0.562. The number of benzene rings is 1. The standard InChI is InChI=1S/C16H22F2N2O2/c1-10(19)12-4-3-7-20(9-12)16(21)11(2)22-13-5-6-14(17)15(18)8-13/h5-6,8,10-12H,3-4,7,9,19H2,1-2H3/t10-,11+,12+/m1/s1. The highest BCUT2D eigenvalue weighted by atomic mass is 19.2. The van der Waals surface area contributed by atoms with Crippen LogP contribution in [0.25, 0.3) is 0 Å². The van der Waals surface area contributed by atoms with Gasteiger partial charge in [0.15, 0.2) is 17.7 Å². The molecule has 1 aromatic rings. The smallest absolute Gasteiger partial charge is 0.263 e. The minimum Gasteiger partial charge on any atom is -0.481 e. The summed E-state index contributed by atoms with van der Waals surface area (Å²) in [6, 6.07) is 3.27. The summed E-state index contributed by atoms with van der Waals surface area (Å²) in [5, 5.41) is 0. The molecule has 6 heteroatoms. The quantitative estimate of drug-likeness (QED) is 0.928. The number of nitrogens with zero attached hydrogens (tertiary/aromatic N) is 1. The fourth-order valence-electron chi connectivity index (χ4n) is 2.70. The molecule has 1 amide bonds. The number of carbonyl (C=O) groups excluding carboxylic acids is 1. The molecule has 1 saturated heterocycles. The number of piperidine rings is 1. The molecular formula is C16H22F2N2O2. The number of halogens is 2. The maximum Gasteiger partial charge on any atom is 0.263 e. The second-order valence-electron chi connectivity index (χ2n) is 5.88. The minimum absolute atomic E-state index is 0.0398. The summed E-state index contributed by atoms with van der Waals surface area (Å²) in [6.07, 6.45) is 1.17. The van der Waals surface area contributed by atoms with Gasteiger partial charge in [-0.05, 0) is 44.7 Å². The summed E-state index contributed by atoms with van der Waals surface area (Å²) in [5.41, 5.74) is 5.91. The van der Waals surface area contributed by atoms with Gasteiger partial charge >= 0.3 is 0 Å². The molecule has 0 saturated carbocycles. The molecule has 0 bridgehead atoms. The van der Waals surface area contributed by atoms with Crippen molar-refractivity contribution in [3.05, 3.63) is 29.8 Å². The second-order valence-corrected chi connectivity index (χ2v) is 5.88. The SMILES string of the molecule is C[C@H](Oc1ccc(F)c(F)c1)C(=O)N1CCC[C@H]([C@@H](C)N)C1. The van der Waals surface area contributed by atoms with E-state index in [4.69, 9.17) is 10.5 Å². The van der Waals surface area contributed by atoms with E-state index in [1.807, 2.05) is 6.92 Å². The van der Waals surface area contributed by atoms with Gasteiger partial charge in [-0.2, -0.15) is 0 Å². The summed E-state index contributed by atoms with van der Waals surface area (Å²) < 4.78 is 31.5. The van der Waals surface area contributed by atoms with Gasteiger partial charge in [0.05, 0.1) is 0 Å². The van der Waals surface area contributed by atoms with E-state index in [-0.39, 0.29) is 23.6 Å². The molecule has 0 radical (unpaired) electrons. The van der Waals surface area contributed by atoms with Crippen LogP contribution in [-0.2, 0) is 4.79 Å². The molecular weight excluding hydrogens is 290 g/mol. The first-order chi connectivity index (χ1) is 10.4. The molecule has 1 aromatic carbocycles. The van der Waals surface area contributed by atoms with Gasteiger partial charge in [-0.25, -0.2) is 8.78 Å². The van der Waals surface area contributed by atoms with Crippen molar-refractivity contribution in [2.24, 2.45) is 11.7 Å². The van der Waals surface area contributed by atoms with E-state index in [9.17, 15) is 13.6 Å². The first-order valence-electron chi connectivity index (χ1n) is 7.54. The van der Waals surface area contributed by atoms with Gasteiger partial charge < -0.3 is 15.4 Å². The molecule has 4 nitrogen and oxygen atoms in total. The Morgan fingerprint density at radius 3 is 2.73 bits per heavy atom. The van der Waals surface area contributed by atoms with Crippen molar-refractivity contribution >= 4 is 5.91 Å². The summed E-state index contributed by atoms with van der Waals surface area (Å²) in [7, 11) is 0. The van der Waals surface area contributed by atoms with Gasteiger partial charge in [0.2, 0.25) is 0 Å². The number of ether oxygens (including phenoxy) is 1. The largest absolute Gasteiger partial charge is 0.481 e. The maximum absolute atomic E-state index is 13.2. The van der Waals surface area contributed by atoms with Crippen molar-refractivity contribution in [2.75, 3.05) is 13.1 Å². The van der Waals surface area contributed by atoms with Gasteiger partial charge in [-0.15, -0.1) is 0 Å². The molecule has 0 aromatic heterocycles. The molecule has 1 heterocycles. The third kappa shape index (κ3) is 3.94. The summed E-state index contributed by atoms with van der Waals surface area (Å²) >= 11 is 0. The van der Waals surface area contributed by atoms with Crippen molar-refractivity contribution in [1.82, 2.24) is 4.90 Å². The van der Waals surface area contributed by atoms with Crippen LogP contribution in [0.2, 0.25) is 0 Å². The Morgan fingerprint density at radius 2 is 2.09 bits per heavy atom. The third-order valence-electron chi connectivity index (χ3n) is 4.06. The van der Waals surface area contributed by atoms with Crippen LogP contribution < -0.4 is 10.5 Å². The van der Waals surface area contributed by atoms with E-state index in [1.165, 1.54) is 6.07 Å². The number of likely N-dealkylation sites (tertiary alicyclic amines) is 1. The molecule has 122 valence electrons. The van der Waals surface area contributed by atoms with Gasteiger partial charge in [0.1, 0.15) is 5.75 Å². The van der Waals surface area contributed by atoms with Crippen molar-refractivity contribution in [2.45, 2.75) is 38.8 Å². The van der Waals surface area contributed by atoms with Crippen molar-refractivity contribution in [1.29, 1.82) is 0 Å². The Kier molecular flexibility index (Phi) is 5.34. The topological polar surface area (TPSA) is 55.6 Å². The predicted octanol–water partition coefficient (Wildman–Crippen LogP) is 2.32. The highest BCUT2D eigenvalue weighted by Crippen LogP contribution is 2.21. The molecule has 2 N–H and O–H groups in total. The molecule has 1 aliphatic heterocycles. The molecule has 22 heavy (non-hydrogen) atoms. The van der Waals surface area contributed by atoms with Crippen LogP contribution in [0.1, 0.15) is 26.7 Å². The van der Waals surface area contributed by atoms with Crippen LogP contribution >= 0.6 is 0 Å². The highest BCUT2D eigenvalue weighted by molar-refractivity contribution is 5.81. The summed E-state index contributed by atoms with van der Waals surface area (Å²) in [6.45, 7) is 4.84. The third-order valence-corrected chi connectivity index (χ3v) is 4.06. The van der Waals surface area contributed by atoms with E-state index >= 15 is 0 Å². The van der Waals surface area contributed by atoms with Crippen LogP contribution in [-0.4, -0.2) is 36.0 Å². The molecule has 0 spiro atoms. The number of carbonyl (C=O) groups is 1. The first kappa shape index (κ1) is 16.7. The molecule has 1 fully saturated rings. The van der Waals surface area contributed by atoms with Crippen LogP contribution in [0.4, 0.5) is 8.78 Å². The van der Waals surface area contributed by atoms with Crippen LogP contribution in [0, 0.1) is 17.6 Å². The van der Waals surface area contributed by atoms with Gasteiger partial charge in [-0.3, -0.25) is 4.79 Å². The van der Waals surface area contributed by atoms with Crippen LogP contribution in [0.15, 0.2) is 18.2 Å². The van der Waals surface area contributed by atoms with E-state index in [0.29, 0.717) is 13.1 Å². The molecule has 2 rings (SSSR count). The number of hydrogen-bond donors (Lipinski definition) is 1. The number of amides is 1. The van der Waals surface area contributed by atoms with E-state index in [2.05, 4.69) is 0 Å². The van der Waals surface area contributed by atoms with Gasteiger partial charge in [0.25, 0.3) is 5.91 Å². The normalized spacial score (nSPS) is 21.3. The Labute approximate surface area is 129 Å². The molecule has 3 atom stereocenters. The number of nitrogens with two attached hydrogens (primary N) is 1. The zero-order chi connectivity index (χ0) is 16.3. The highest BCUT2D eigenvalue weighted by Gasteiger charge is 2.29. The lowest BCUT2D eigenvalue weighted by Crippen LogP contribution is -2.48. The fourth-order valence-corrected chi connectivity index (χ4v) is 2.70. The lowest BCUT2D eigenvalue weighted by Gasteiger charge is -2.35. The van der Waals surface area contributed by atoms with Crippen LogP contribution in [0.5, 0.6) is 5.75 Å². The monoisotopic (exact) mass is 312 g/mol. The summed E-state index contributed by atoms with van der Waals surface area (Å²) in [4.78, 5) is 14.2. The van der Waals surface area contributed by atoms with Gasteiger partial charge in [0, 0.05) is 25.2 Å². The van der Waals surface area contributed by atoms with Crippen molar-refractivity contribution in [3.63, 3.8) is 0 Å².